The third-order valence-corrected chi connectivity index (χ3v) is 3.88. The van der Waals surface area contributed by atoms with E-state index in [1.807, 2.05) is 6.92 Å². The van der Waals surface area contributed by atoms with E-state index in [0.717, 1.165) is 25.7 Å². The van der Waals surface area contributed by atoms with Crippen molar-refractivity contribution in [3.8, 4) is 5.75 Å². The van der Waals surface area contributed by atoms with Crippen LogP contribution < -0.4 is 10.1 Å². The highest BCUT2D eigenvalue weighted by atomic mass is 19.2. The molecule has 0 bridgehead atoms. The van der Waals surface area contributed by atoms with Gasteiger partial charge in [-0.05, 0) is 18.8 Å². The first-order valence-electron chi connectivity index (χ1n) is 7.15. The Labute approximate surface area is 125 Å². The first-order valence-corrected chi connectivity index (χ1v) is 7.15. The maximum Gasteiger partial charge on any atom is 0.258 e. The van der Waals surface area contributed by atoms with Crippen molar-refractivity contribution in [3.63, 3.8) is 0 Å². The summed E-state index contributed by atoms with van der Waals surface area (Å²) in [4.78, 5) is 11.8. The zero-order chi connectivity index (χ0) is 16.3. The number of halogens is 4. The Morgan fingerprint density at radius 3 is 2.36 bits per heavy atom. The lowest BCUT2D eigenvalue weighted by atomic mass is 9.86. The summed E-state index contributed by atoms with van der Waals surface area (Å²) in [5, 5.41) is 2.71. The van der Waals surface area contributed by atoms with Crippen molar-refractivity contribution in [3.05, 3.63) is 29.3 Å². The Balaban J connectivity index is 1.97. The molecule has 2 atom stereocenters. The number of hydrogen-bond acceptors (Lipinski definition) is 2. The molecule has 2 rings (SSSR count). The van der Waals surface area contributed by atoms with E-state index in [1.54, 1.807) is 0 Å². The molecule has 0 saturated heterocycles. The lowest BCUT2D eigenvalue weighted by Crippen LogP contribution is -2.43. The van der Waals surface area contributed by atoms with Gasteiger partial charge in [0.15, 0.2) is 24.0 Å². The Morgan fingerprint density at radius 2 is 1.77 bits per heavy atom. The van der Waals surface area contributed by atoms with E-state index in [9.17, 15) is 22.4 Å². The van der Waals surface area contributed by atoms with Gasteiger partial charge in [-0.2, -0.15) is 8.78 Å². The van der Waals surface area contributed by atoms with Crippen LogP contribution in [0.25, 0.3) is 0 Å². The van der Waals surface area contributed by atoms with Crippen molar-refractivity contribution < 1.29 is 27.1 Å². The lowest BCUT2D eigenvalue weighted by molar-refractivity contribution is -0.124. The molecule has 1 aromatic carbocycles. The number of rotatable bonds is 4. The lowest BCUT2D eigenvalue weighted by Gasteiger charge is -2.29. The Bertz CT molecular complexity index is 539. The molecule has 22 heavy (non-hydrogen) atoms. The summed E-state index contributed by atoms with van der Waals surface area (Å²) in [7, 11) is 0. The topological polar surface area (TPSA) is 38.3 Å². The minimum atomic E-state index is -1.65. The Hall–Kier alpha value is -1.79. The minimum Gasteiger partial charge on any atom is -0.477 e. The van der Waals surface area contributed by atoms with Gasteiger partial charge in [0.25, 0.3) is 5.91 Å². The van der Waals surface area contributed by atoms with Gasteiger partial charge in [0, 0.05) is 12.1 Å². The van der Waals surface area contributed by atoms with Crippen LogP contribution in [0.5, 0.6) is 5.75 Å². The van der Waals surface area contributed by atoms with E-state index in [2.05, 4.69) is 10.1 Å². The summed E-state index contributed by atoms with van der Waals surface area (Å²) in [5.74, 6) is -7.95. The molecule has 1 aliphatic rings. The normalized spacial score (nSPS) is 21.5. The molecule has 1 aromatic rings. The summed E-state index contributed by atoms with van der Waals surface area (Å²) in [6, 6.07) is 0.0604. The second-order valence-electron chi connectivity index (χ2n) is 5.52. The smallest absolute Gasteiger partial charge is 0.258 e. The highest BCUT2D eigenvalue weighted by Crippen LogP contribution is 2.26. The SMILES string of the molecule is C[C@H]1CCCC[C@H]1NC(=O)COc1c(F)c(F)cc(F)c1F. The van der Waals surface area contributed by atoms with Crippen LogP contribution in [-0.4, -0.2) is 18.6 Å². The summed E-state index contributed by atoms with van der Waals surface area (Å²) >= 11 is 0. The van der Waals surface area contributed by atoms with E-state index in [1.165, 1.54) is 0 Å². The maximum atomic E-state index is 13.4. The molecule has 0 aromatic heterocycles. The van der Waals surface area contributed by atoms with Crippen LogP contribution in [0, 0.1) is 29.2 Å². The van der Waals surface area contributed by atoms with E-state index in [0.29, 0.717) is 5.92 Å². The second-order valence-corrected chi connectivity index (χ2v) is 5.52. The van der Waals surface area contributed by atoms with Crippen LogP contribution in [0.1, 0.15) is 32.6 Å². The van der Waals surface area contributed by atoms with Gasteiger partial charge in [-0.1, -0.05) is 19.8 Å². The van der Waals surface area contributed by atoms with Crippen LogP contribution in [0.3, 0.4) is 0 Å². The van der Waals surface area contributed by atoms with Gasteiger partial charge >= 0.3 is 0 Å². The van der Waals surface area contributed by atoms with Gasteiger partial charge in [-0.25, -0.2) is 8.78 Å². The van der Waals surface area contributed by atoms with Gasteiger partial charge in [-0.3, -0.25) is 4.79 Å². The van der Waals surface area contributed by atoms with E-state index < -0.39 is 41.5 Å². The van der Waals surface area contributed by atoms with Crippen molar-refractivity contribution in [2.45, 2.75) is 38.6 Å². The Kier molecular flexibility index (Phi) is 5.26. The summed E-state index contributed by atoms with van der Waals surface area (Å²) < 4.78 is 57.4. The molecule has 1 aliphatic carbocycles. The number of hydrogen-bond donors (Lipinski definition) is 1. The second kappa shape index (κ2) is 6.98. The van der Waals surface area contributed by atoms with E-state index >= 15 is 0 Å². The van der Waals surface area contributed by atoms with Gasteiger partial charge in [-0.15, -0.1) is 0 Å². The molecule has 7 heteroatoms. The van der Waals surface area contributed by atoms with Crippen molar-refractivity contribution in [1.82, 2.24) is 5.32 Å². The number of carbonyl (C=O) groups excluding carboxylic acids is 1. The fraction of sp³-hybridized carbons (Fsp3) is 0.533. The summed E-state index contributed by atoms with van der Waals surface area (Å²) in [6.07, 6.45) is 3.91. The average molecular weight is 319 g/mol. The monoisotopic (exact) mass is 319 g/mol. The first kappa shape index (κ1) is 16.6. The van der Waals surface area contributed by atoms with Crippen LogP contribution in [-0.2, 0) is 4.79 Å². The first-order chi connectivity index (χ1) is 10.4. The highest BCUT2D eigenvalue weighted by molar-refractivity contribution is 5.77. The van der Waals surface area contributed by atoms with Crippen LogP contribution in [0.2, 0.25) is 0 Å². The molecule has 3 nitrogen and oxygen atoms in total. The molecular weight excluding hydrogens is 302 g/mol. The zero-order valence-corrected chi connectivity index (χ0v) is 12.1. The van der Waals surface area contributed by atoms with Gasteiger partial charge in [0.05, 0.1) is 0 Å². The third-order valence-electron chi connectivity index (χ3n) is 3.88. The molecule has 0 aliphatic heterocycles. The third kappa shape index (κ3) is 3.69. The van der Waals surface area contributed by atoms with Gasteiger partial charge in [0.2, 0.25) is 11.6 Å². The predicted octanol–water partition coefficient (Wildman–Crippen LogP) is 3.32. The molecule has 1 fully saturated rings. The predicted molar refractivity (Wildman–Crippen MR) is 71.3 cm³/mol. The highest BCUT2D eigenvalue weighted by Gasteiger charge is 2.24. The van der Waals surface area contributed by atoms with Gasteiger partial charge < -0.3 is 10.1 Å². The molecule has 1 amide bonds. The van der Waals surface area contributed by atoms with Crippen molar-refractivity contribution >= 4 is 5.91 Å². The number of amides is 1. The quantitative estimate of drug-likeness (QED) is 0.683. The van der Waals surface area contributed by atoms with Crippen molar-refractivity contribution in [2.75, 3.05) is 6.61 Å². The number of ether oxygens (including phenoxy) is 1. The molecular formula is C15H17F4NO2. The maximum absolute atomic E-state index is 13.4. The van der Waals surface area contributed by atoms with Crippen LogP contribution >= 0.6 is 0 Å². The number of nitrogens with one attached hydrogen (secondary N) is 1. The summed E-state index contributed by atoms with van der Waals surface area (Å²) in [5.41, 5.74) is 0. The van der Waals surface area contributed by atoms with Gasteiger partial charge in [0.1, 0.15) is 0 Å². The standard InChI is InChI=1S/C15H17F4NO2/c1-8-4-2-3-5-11(8)20-12(21)7-22-15-13(18)9(16)6-10(17)14(15)19/h6,8,11H,2-5,7H2,1H3,(H,20,21)/t8-,11+/m0/s1. The molecule has 122 valence electrons. The van der Waals surface area contributed by atoms with Crippen LogP contribution in [0.4, 0.5) is 17.6 Å². The molecule has 0 spiro atoms. The Morgan fingerprint density at radius 1 is 1.18 bits per heavy atom. The van der Waals surface area contributed by atoms with Crippen molar-refractivity contribution in [2.24, 2.45) is 5.92 Å². The average Bonchev–Trinajstić information content (AvgIpc) is 2.47. The van der Waals surface area contributed by atoms with E-state index in [-0.39, 0.29) is 12.1 Å². The fourth-order valence-electron chi connectivity index (χ4n) is 2.59. The number of carbonyl (C=O) groups is 1. The molecule has 0 heterocycles. The number of benzene rings is 1. The fourth-order valence-corrected chi connectivity index (χ4v) is 2.59. The largest absolute Gasteiger partial charge is 0.477 e. The molecule has 1 saturated carbocycles. The molecule has 0 radical (unpaired) electrons. The minimum absolute atomic E-state index is 0.0243. The zero-order valence-electron chi connectivity index (χ0n) is 12.1. The van der Waals surface area contributed by atoms with E-state index in [4.69, 9.17) is 0 Å². The summed E-state index contributed by atoms with van der Waals surface area (Å²) in [6.45, 7) is 1.30. The molecule has 1 N–H and O–H groups in total. The molecule has 0 unspecified atom stereocenters. The van der Waals surface area contributed by atoms with Crippen LogP contribution in [0.15, 0.2) is 6.07 Å². The van der Waals surface area contributed by atoms with Crippen molar-refractivity contribution in [1.29, 1.82) is 0 Å².